The summed E-state index contributed by atoms with van der Waals surface area (Å²) in [5, 5.41) is 8.78. The molecule has 1 N–H and O–H groups in total. The predicted molar refractivity (Wildman–Crippen MR) is 55.2 cm³/mol. The van der Waals surface area contributed by atoms with Crippen LogP contribution < -0.4 is 0 Å². The fourth-order valence-corrected chi connectivity index (χ4v) is 1.94. The van der Waals surface area contributed by atoms with Crippen LogP contribution >= 0.6 is 0 Å². The molecule has 1 unspecified atom stereocenters. The Morgan fingerprint density at radius 2 is 2.00 bits per heavy atom. The number of amides is 3. The van der Waals surface area contributed by atoms with Crippen LogP contribution in [0.3, 0.4) is 0 Å². The topological polar surface area (TPSA) is 60.9 Å². The Hall–Kier alpha value is -1.10. The summed E-state index contributed by atoms with van der Waals surface area (Å²) in [6.07, 6.45) is 0. The fourth-order valence-electron chi connectivity index (χ4n) is 1.94. The summed E-state index contributed by atoms with van der Waals surface area (Å²) < 4.78 is 0. The average molecular weight is 214 g/mol. The number of nitrogens with zero attached hydrogens (tertiary/aromatic N) is 2. The monoisotopic (exact) mass is 214 g/mol. The predicted octanol–water partition coefficient (Wildman–Crippen LogP) is 0.287. The highest BCUT2D eigenvalue weighted by atomic mass is 16.3. The minimum Gasteiger partial charge on any atom is -0.395 e. The second-order valence-corrected chi connectivity index (χ2v) is 3.97. The van der Waals surface area contributed by atoms with E-state index in [1.165, 1.54) is 0 Å². The first-order valence-corrected chi connectivity index (χ1v) is 5.27. The zero-order chi connectivity index (χ0) is 11.6. The highest BCUT2D eigenvalue weighted by molar-refractivity contribution is 6.04. The Labute approximate surface area is 89.7 Å². The first-order chi connectivity index (χ1) is 7.04. The van der Waals surface area contributed by atoms with E-state index in [9.17, 15) is 9.59 Å². The van der Waals surface area contributed by atoms with Gasteiger partial charge < -0.3 is 10.0 Å². The van der Waals surface area contributed by atoms with Crippen LogP contribution in [0.5, 0.6) is 0 Å². The lowest BCUT2D eigenvalue weighted by Crippen LogP contribution is -2.38. The van der Waals surface area contributed by atoms with Crippen molar-refractivity contribution in [2.75, 3.05) is 19.7 Å². The van der Waals surface area contributed by atoms with E-state index in [-0.39, 0.29) is 37.0 Å². The molecule has 86 valence electrons. The molecule has 0 aromatic rings. The molecule has 1 fully saturated rings. The molecule has 0 saturated carbocycles. The van der Waals surface area contributed by atoms with Crippen LogP contribution in [-0.2, 0) is 4.79 Å². The third-order valence-electron chi connectivity index (χ3n) is 2.63. The van der Waals surface area contributed by atoms with Crippen molar-refractivity contribution in [1.29, 1.82) is 0 Å². The first-order valence-electron chi connectivity index (χ1n) is 5.27. The van der Waals surface area contributed by atoms with E-state index >= 15 is 0 Å². The van der Waals surface area contributed by atoms with Gasteiger partial charge in [0.15, 0.2) is 0 Å². The molecule has 5 nitrogen and oxygen atoms in total. The molecule has 1 aliphatic heterocycles. The normalized spacial score (nSPS) is 22.1. The third kappa shape index (κ3) is 1.97. The van der Waals surface area contributed by atoms with Crippen LogP contribution in [0.15, 0.2) is 0 Å². The molecular formula is C10H18N2O3. The Kier molecular flexibility index (Phi) is 3.68. The molecule has 5 heteroatoms. The lowest BCUT2D eigenvalue weighted by molar-refractivity contribution is -0.129. The highest BCUT2D eigenvalue weighted by Crippen LogP contribution is 2.22. The van der Waals surface area contributed by atoms with Gasteiger partial charge in [0, 0.05) is 6.54 Å². The van der Waals surface area contributed by atoms with E-state index in [1.807, 2.05) is 20.8 Å². The van der Waals surface area contributed by atoms with Crippen LogP contribution in [0.1, 0.15) is 20.8 Å². The van der Waals surface area contributed by atoms with E-state index in [1.54, 1.807) is 4.90 Å². The van der Waals surface area contributed by atoms with Crippen LogP contribution in [-0.4, -0.2) is 52.6 Å². The standard InChI is InChI=1S/C10H18N2O3/c1-4-11-8(7(2)3)9(14)12(5-6-13)10(11)15/h7-8,13H,4-6H2,1-3H3. The van der Waals surface area contributed by atoms with Gasteiger partial charge in [-0.15, -0.1) is 0 Å². The molecule has 0 radical (unpaired) electrons. The largest absolute Gasteiger partial charge is 0.395 e. The Morgan fingerprint density at radius 1 is 1.40 bits per heavy atom. The Morgan fingerprint density at radius 3 is 2.33 bits per heavy atom. The van der Waals surface area contributed by atoms with Gasteiger partial charge in [-0.2, -0.15) is 0 Å². The lowest BCUT2D eigenvalue weighted by Gasteiger charge is -2.22. The zero-order valence-corrected chi connectivity index (χ0v) is 9.43. The van der Waals surface area contributed by atoms with Crippen molar-refractivity contribution in [3.63, 3.8) is 0 Å². The van der Waals surface area contributed by atoms with Crippen molar-refractivity contribution >= 4 is 11.9 Å². The van der Waals surface area contributed by atoms with Crippen molar-refractivity contribution in [3.8, 4) is 0 Å². The third-order valence-corrected chi connectivity index (χ3v) is 2.63. The van der Waals surface area contributed by atoms with Gasteiger partial charge in [-0.05, 0) is 12.8 Å². The number of aliphatic hydroxyl groups excluding tert-OH is 1. The summed E-state index contributed by atoms with van der Waals surface area (Å²) in [5.74, 6) is -0.0870. The number of carbonyl (C=O) groups excluding carboxylic acids is 2. The van der Waals surface area contributed by atoms with Gasteiger partial charge in [-0.25, -0.2) is 4.79 Å². The molecule has 1 heterocycles. The van der Waals surface area contributed by atoms with E-state index in [4.69, 9.17) is 5.11 Å². The maximum atomic E-state index is 11.9. The van der Waals surface area contributed by atoms with Gasteiger partial charge in [0.2, 0.25) is 0 Å². The molecule has 0 bridgehead atoms. The molecule has 1 saturated heterocycles. The fraction of sp³-hybridized carbons (Fsp3) is 0.800. The second kappa shape index (κ2) is 4.61. The molecule has 0 spiro atoms. The summed E-state index contributed by atoms with van der Waals surface area (Å²) in [5.41, 5.74) is 0. The highest BCUT2D eigenvalue weighted by Gasteiger charge is 2.45. The molecule has 3 amide bonds. The molecule has 1 rings (SSSR count). The zero-order valence-electron chi connectivity index (χ0n) is 9.43. The molecule has 0 aliphatic carbocycles. The van der Waals surface area contributed by atoms with Crippen LogP contribution in [0.25, 0.3) is 0 Å². The minimum absolute atomic E-state index is 0.0946. The van der Waals surface area contributed by atoms with Gasteiger partial charge in [0.1, 0.15) is 6.04 Å². The van der Waals surface area contributed by atoms with Crippen molar-refractivity contribution in [2.45, 2.75) is 26.8 Å². The number of hydrogen-bond acceptors (Lipinski definition) is 3. The second-order valence-electron chi connectivity index (χ2n) is 3.97. The van der Waals surface area contributed by atoms with Crippen molar-refractivity contribution < 1.29 is 14.7 Å². The Balaban J connectivity index is 2.91. The van der Waals surface area contributed by atoms with E-state index in [0.29, 0.717) is 6.54 Å². The molecule has 1 aliphatic rings. The number of rotatable bonds is 4. The van der Waals surface area contributed by atoms with Crippen molar-refractivity contribution in [2.24, 2.45) is 5.92 Å². The quantitative estimate of drug-likeness (QED) is 0.684. The summed E-state index contributed by atoms with van der Waals surface area (Å²) in [6, 6.07) is -0.649. The van der Waals surface area contributed by atoms with Crippen molar-refractivity contribution in [1.82, 2.24) is 9.80 Å². The van der Waals surface area contributed by atoms with E-state index < -0.39 is 0 Å². The number of urea groups is 1. The number of β-amino-alcohol motifs (C(OH)–C–C–N with tert-alkyl or cyclic N) is 1. The minimum atomic E-state index is -0.367. The summed E-state index contributed by atoms with van der Waals surface area (Å²) in [6.45, 7) is 6.12. The molecular weight excluding hydrogens is 196 g/mol. The SMILES string of the molecule is CCN1C(=O)N(CCO)C(=O)C1C(C)C. The first kappa shape index (κ1) is 12.0. The lowest BCUT2D eigenvalue weighted by atomic mass is 10.0. The van der Waals surface area contributed by atoms with Gasteiger partial charge >= 0.3 is 6.03 Å². The smallest absolute Gasteiger partial charge is 0.327 e. The maximum absolute atomic E-state index is 11.9. The average Bonchev–Trinajstić information content (AvgIpc) is 2.41. The van der Waals surface area contributed by atoms with Crippen LogP contribution in [0, 0.1) is 5.92 Å². The molecule has 15 heavy (non-hydrogen) atoms. The van der Waals surface area contributed by atoms with Crippen molar-refractivity contribution in [3.05, 3.63) is 0 Å². The van der Waals surface area contributed by atoms with Gasteiger partial charge in [-0.3, -0.25) is 9.69 Å². The number of imide groups is 1. The van der Waals surface area contributed by atoms with Gasteiger partial charge in [0.05, 0.1) is 13.2 Å². The number of aliphatic hydroxyl groups is 1. The summed E-state index contributed by atoms with van der Waals surface area (Å²) in [4.78, 5) is 26.3. The number of likely N-dealkylation sites (N-methyl/N-ethyl adjacent to an activating group) is 1. The molecule has 0 aromatic carbocycles. The number of carbonyl (C=O) groups is 2. The molecule has 0 aromatic heterocycles. The van der Waals surface area contributed by atoms with Crippen LogP contribution in [0.2, 0.25) is 0 Å². The van der Waals surface area contributed by atoms with Gasteiger partial charge in [0.25, 0.3) is 5.91 Å². The van der Waals surface area contributed by atoms with Gasteiger partial charge in [-0.1, -0.05) is 13.8 Å². The molecule has 1 atom stereocenters. The number of hydrogen-bond donors (Lipinski definition) is 1. The summed E-state index contributed by atoms with van der Waals surface area (Å²) >= 11 is 0. The summed E-state index contributed by atoms with van der Waals surface area (Å²) in [7, 11) is 0. The van der Waals surface area contributed by atoms with E-state index in [2.05, 4.69) is 0 Å². The maximum Gasteiger partial charge on any atom is 0.327 e. The Bertz CT molecular complexity index is 265. The van der Waals surface area contributed by atoms with Crippen LogP contribution in [0.4, 0.5) is 4.79 Å². The van der Waals surface area contributed by atoms with E-state index in [0.717, 1.165) is 4.90 Å².